The molecule has 0 heterocycles. The third-order valence-electron chi connectivity index (χ3n) is 1.89. The summed E-state index contributed by atoms with van der Waals surface area (Å²) >= 11 is 0. The van der Waals surface area contributed by atoms with Crippen LogP contribution in [0.25, 0.3) is 0 Å². The normalized spacial score (nSPS) is 11.9. The van der Waals surface area contributed by atoms with Crippen LogP contribution in [-0.4, -0.2) is 24.0 Å². The van der Waals surface area contributed by atoms with E-state index in [9.17, 15) is 14.4 Å². The highest BCUT2D eigenvalue weighted by atomic mass is 16.2. The summed E-state index contributed by atoms with van der Waals surface area (Å²) in [6.07, 6.45) is 1.57. The molecule has 14 heavy (non-hydrogen) atoms. The highest BCUT2D eigenvalue weighted by Crippen LogP contribution is 2.05. The molecule has 0 fully saturated rings. The van der Waals surface area contributed by atoms with E-state index in [1.807, 2.05) is 6.92 Å². The van der Waals surface area contributed by atoms with Gasteiger partial charge in [-0.1, -0.05) is 20.3 Å². The zero-order valence-corrected chi connectivity index (χ0v) is 8.92. The van der Waals surface area contributed by atoms with E-state index in [4.69, 9.17) is 0 Å². The predicted octanol–water partition coefficient (Wildman–Crippen LogP) is 0.697. The van der Waals surface area contributed by atoms with Crippen LogP contribution >= 0.6 is 0 Å². The molecule has 0 saturated carbocycles. The van der Waals surface area contributed by atoms with Crippen LogP contribution in [0.5, 0.6) is 0 Å². The smallest absolute Gasteiger partial charge is 0.288 e. The SMILES string of the molecule is CCCC(C)C(=O)C(=O)NCC(C)=O. The van der Waals surface area contributed by atoms with E-state index in [1.54, 1.807) is 6.92 Å². The molecule has 0 aromatic heterocycles. The maximum Gasteiger partial charge on any atom is 0.288 e. The molecule has 0 aliphatic carbocycles. The number of carbonyl (C=O) groups is 3. The maximum absolute atomic E-state index is 11.3. The van der Waals surface area contributed by atoms with Gasteiger partial charge in [0.1, 0.15) is 5.78 Å². The van der Waals surface area contributed by atoms with Crippen molar-refractivity contribution in [3.05, 3.63) is 0 Å². The Labute approximate surface area is 84.1 Å². The van der Waals surface area contributed by atoms with Crippen molar-refractivity contribution in [1.82, 2.24) is 5.32 Å². The number of amides is 1. The fourth-order valence-corrected chi connectivity index (χ4v) is 1.08. The molecule has 4 nitrogen and oxygen atoms in total. The van der Waals surface area contributed by atoms with Gasteiger partial charge in [0.25, 0.3) is 5.91 Å². The summed E-state index contributed by atoms with van der Waals surface area (Å²) in [4.78, 5) is 33.0. The lowest BCUT2D eigenvalue weighted by Crippen LogP contribution is -2.37. The molecular formula is C10H17NO3. The van der Waals surface area contributed by atoms with Crippen molar-refractivity contribution in [3.8, 4) is 0 Å². The molecule has 0 spiro atoms. The minimum absolute atomic E-state index is 0.0661. The van der Waals surface area contributed by atoms with Gasteiger partial charge in [0.05, 0.1) is 6.54 Å². The van der Waals surface area contributed by atoms with Gasteiger partial charge in [0.2, 0.25) is 5.78 Å². The number of rotatable bonds is 6. The number of nitrogens with one attached hydrogen (secondary N) is 1. The average molecular weight is 199 g/mol. The molecular weight excluding hydrogens is 182 g/mol. The molecule has 80 valence electrons. The summed E-state index contributed by atoms with van der Waals surface area (Å²) in [6.45, 7) is 4.97. The van der Waals surface area contributed by atoms with Gasteiger partial charge in [-0.3, -0.25) is 14.4 Å². The lowest BCUT2D eigenvalue weighted by atomic mass is 10.0. The highest BCUT2D eigenvalue weighted by Gasteiger charge is 2.20. The van der Waals surface area contributed by atoms with Crippen molar-refractivity contribution in [1.29, 1.82) is 0 Å². The van der Waals surface area contributed by atoms with Crippen LogP contribution in [0, 0.1) is 5.92 Å². The van der Waals surface area contributed by atoms with Gasteiger partial charge < -0.3 is 5.32 Å². The lowest BCUT2D eigenvalue weighted by molar-refractivity contribution is -0.140. The first kappa shape index (κ1) is 12.8. The Morgan fingerprint density at radius 2 is 1.86 bits per heavy atom. The zero-order valence-electron chi connectivity index (χ0n) is 8.92. The molecule has 0 rings (SSSR count). The Bertz CT molecular complexity index is 236. The monoisotopic (exact) mass is 199 g/mol. The Balaban J connectivity index is 3.99. The second kappa shape index (κ2) is 6.29. The van der Waals surface area contributed by atoms with Crippen LogP contribution in [0.15, 0.2) is 0 Å². The van der Waals surface area contributed by atoms with Crippen molar-refractivity contribution >= 4 is 17.5 Å². The number of Topliss-reactive ketones (excluding diaryl/α,β-unsaturated/α-hetero) is 2. The number of ketones is 2. The van der Waals surface area contributed by atoms with Crippen molar-refractivity contribution in [3.63, 3.8) is 0 Å². The summed E-state index contributed by atoms with van der Waals surface area (Å²) in [5, 5.41) is 2.28. The molecule has 0 aromatic rings. The van der Waals surface area contributed by atoms with Crippen LogP contribution in [0.1, 0.15) is 33.6 Å². The van der Waals surface area contributed by atoms with Crippen molar-refractivity contribution in [2.75, 3.05) is 6.54 Å². The van der Waals surface area contributed by atoms with Crippen LogP contribution < -0.4 is 5.32 Å². The van der Waals surface area contributed by atoms with Crippen LogP contribution in [-0.2, 0) is 14.4 Å². The Morgan fingerprint density at radius 3 is 2.29 bits per heavy atom. The first-order chi connectivity index (χ1) is 6.49. The average Bonchev–Trinajstić information content (AvgIpc) is 2.13. The van der Waals surface area contributed by atoms with Gasteiger partial charge in [-0.2, -0.15) is 0 Å². The van der Waals surface area contributed by atoms with E-state index in [2.05, 4.69) is 5.32 Å². The molecule has 1 unspecified atom stereocenters. The van der Waals surface area contributed by atoms with E-state index in [0.717, 1.165) is 6.42 Å². The van der Waals surface area contributed by atoms with Crippen LogP contribution in [0.4, 0.5) is 0 Å². The maximum atomic E-state index is 11.3. The second-order valence-corrected chi connectivity index (χ2v) is 3.44. The largest absolute Gasteiger partial charge is 0.342 e. The molecule has 4 heteroatoms. The lowest BCUT2D eigenvalue weighted by Gasteiger charge is -2.07. The Kier molecular flexibility index (Phi) is 5.76. The zero-order chi connectivity index (χ0) is 11.1. The summed E-state index contributed by atoms with van der Waals surface area (Å²) in [7, 11) is 0. The van der Waals surface area contributed by atoms with E-state index in [1.165, 1.54) is 6.92 Å². The van der Waals surface area contributed by atoms with Gasteiger partial charge in [-0.15, -0.1) is 0 Å². The van der Waals surface area contributed by atoms with E-state index in [-0.39, 0.29) is 18.2 Å². The highest BCUT2D eigenvalue weighted by molar-refractivity contribution is 6.37. The summed E-state index contributed by atoms with van der Waals surface area (Å²) in [5.41, 5.74) is 0. The molecule has 0 aliphatic heterocycles. The van der Waals surface area contributed by atoms with Gasteiger partial charge in [0, 0.05) is 5.92 Å². The Hall–Kier alpha value is -1.19. The molecule has 0 radical (unpaired) electrons. The Morgan fingerprint density at radius 1 is 1.29 bits per heavy atom. The third kappa shape index (κ3) is 4.74. The predicted molar refractivity (Wildman–Crippen MR) is 52.8 cm³/mol. The van der Waals surface area contributed by atoms with Gasteiger partial charge >= 0.3 is 0 Å². The van der Waals surface area contributed by atoms with E-state index >= 15 is 0 Å². The van der Waals surface area contributed by atoms with Gasteiger partial charge in [0.15, 0.2) is 0 Å². The van der Waals surface area contributed by atoms with Crippen molar-refractivity contribution < 1.29 is 14.4 Å². The fraction of sp³-hybridized carbons (Fsp3) is 0.700. The van der Waals surface area contributed by atoms with Crippen molar-refractivity contribution in [2.45, 2.75) is 33.6 Å². The van der Waals surface area contributed by atoms with E-state index < -0.39 is 11.7 Å². The third-order valence-corrected chi connectivity index (χ3v) is 1.89. The van der Waals surface area contributed by atoms with Crippen LogP contribution in [0.2, 0.25) is 0 Å². The van der Waals surface area contributed by atoms with Gasteiger partial charge in [-0.25, -0.2) is 0 Å². The van der Waals surface area contributed by atoms with E-state index in [0.29, 0.717) is 6.42 Å². The number of hydrogen-bond donors (Lipinski definition) is 1. The number of hydrogen-bond acceptors (Lipinski definition) is 3. The molecule has 1 atom stereocenters. The topological polar surface area (TPSA) is 63.2 Å². The molecule has 1 amide bonds. The summed E-state index contributed by atoms with van der Waals surface area (Å²) in [6, 6.07) is 0. The molecule has 0 saturated heterocycles. The first-order valence-electron chi connectivity index (χ1n) is 4.80. The molecule has 1 N–H and O–H groups in total. The van der Waals surface area contributed by atoms with Crippen LogP contribution in [0.3, 0.4) is 0 Å². The first-order valence-corrected chi connectivity index (χ1v) is 4.80. The minimum Gasteiger partial charge on any atom is -0.342 e. The second-order valence-electron chi connectivity index (χ2n) is 3.44. The van der Waals surface area contributed by atoms with Gasteiger partial charge in [-0.05, 0) is 13.3 Å². The summed E-state index contributed by atoms with van der Waals surface area (Å²) in [5.74, 6) is -1.50. The summed E-state index contributed by atoms with van der Waals surface area (Å²) < 4.78 is 0. The quantitative estimate of drug-likeness (QED) is 0.640. The molecule has 0 aliphatic rings. The molecule has 0 aromatic carbocycles. The van der Waals surface area contributed by atoms with Crippen molar-refractivity contribution in [2.24, 2.45) is 5.92 Å². The molecule has 0 bridgehead atoms. The minimum atomic E-state index is -0.652. The number of carbonyl (C=O) groups excluding carboxylic acids is 3. The fourth-order valence-electron chi connectivity index (χ4n) is 1.08. The standard InChI is InChI=1S/C10H17NO3/c1-4-5-7(2)9(13)10(14)11-6-8(3)12/h7H,4-6H2,1-3H3,(H,11,14).